The van der Waals surface area contributed by atoms with E-state index in [1.54, 1.807) is 13.0 Å². The standard InChI is InChI=1S/C15H16N2O4S4/c1-9(13(18)16-10-4-6-25(20,21)8-10)17-14(19)12(24-15(17)22)7-11-3-2-5-23-11/h2-3,5,7,9-10H,4,6,8H2,1H3,(H,16,18)/b12-7-. The summed E-state index contributed by atoms with van der Waals surface area (Å²) in [7, 11) is -3.08. The molecule has 0 saturated carbocycles. The first-order valence-electron chi connectivity index (χ1n) is 7.58. The first-order chi connectivity index (χ1) is 11.8. The van der Waals surface area contributed by atoms with Crippen LogP contribution in [-0.2, 0) is 19.4 Å². The lowest BCUT2D eigenvalue weighted by atomic mass is 10.2. The van der Waals surface area contributed by atoms with E-state index in [2.05, 4.69) is 5.32 Å². The molecule has 0 aromatic carbocycles. The van der Waals surface area contributed by atoms with Gasteiger partial charge in [-0.2, -0.15) is 0 Å². The number of hydrogen-bond acceptors (Lipinski definition) is 7. The third-order valence-electron chi connectivity index (χ3n) is 3.99. The predicted molar refractivity (Wildman–Crippen MR) is 104 cm³/mol. The van der Waals surface area contributed by atoms with Crippen LogP contribution in [0.3, 0.4) is 0 Å². The lowest BCUT2D eigenvalue weighted by Crippen LogP contribution is -2.50. The van der Waals surface area contributed by atoms with E-state index in [-0.39, 0.29) is 17.4 Å². The number of thiocarbonyl (C=S) groups is 1. The molecule has 3 heterocycles. The minimum absolute atomic E-state index is 0.0534. The van der Waals surface area contributed by atoms with Crippen molar-refractivity contribution in [3.05, 3.63) is 27.3 Å². The molecule has 1 N–H and O–H groups in total. The monoisotopic (exact) mass is 416 g/mol. The molecule has 0 aliphatic carbocycles. The number of nitrogens with zero attached hydrogens (tertiary/aromatic N) is 1. The van der Waals surface area contributed by atoms with E-state index in [9.17, 15) is 18.0 Å². The van der Waals surface area contributed by atoms with Gasteiger partial charge in [-0.1, -0.05) is 30.0 Å². The summed E-state index contributed by atoms with van der Waals surface area (Å²) in [4.78, 5) is 27.7. The van der Waals surface area contributed by atoms with Gasteiger partial charge in [0.15, 0.2) is 9.84 Å². The average molecular weight is 417 g/mol. The number of thiophene rings is 1. The first-order valence-corrected chi connectivity index (χ1v) is 11.5. The van der Waals surface area contributed by atoms with Crippen molar-refractivity contribution in [2.45, 2.75) is 25.4 Å². The second-order valence-corrected chi connectivity index (χ2v) is 10.7. The number of carbonyl (C=O) groups excluding carboxylic acids is 2. The van der Waals surface area contributed by atoms with E-state index in [1.165, 1.54) is 28.0 Å². The number of sulfone groups is 1. The van der Waals surface area contributed by atoms with Crippen molar-refractivity contribution in [3.8, 4) is 0 Å². The van der Waals surface area contributed by atoms with Gasteiger partial charge in [-0.25, -0.2) is 8.42 Å². The van der Waals surface area contributed by atoms with Crippen molar-refractivity contribution in [1.29, 1.82) is 0 Å². The van der Waals surface area contributed by atoms with Crippen LogP contribution in [0.1, 0.15) is 18.2 Å². The zero-order valence-corrected chi connectivity index (χ0v) is 16.6. The fourth-order valence-corrected chi connectivity index (χ4v) is 6.48. The molecule has 2 atom stereocenters. The minimum atomic E-state index is -3.08. The maximum Gasteiger partial charge on any atom is 0.266 e. The molecule has 10 heteroatoms. The molecule has 2 fully saturated rings. The molecule has 2 aliphatic heterocycles. The van der Waals surface area contributed by atoms with Gasteiger partial charge in [0.2, 0.25) is 5.91 Å². The summed E-state index contributed by atoms with van der Waals surface area (Å²) in [6.07, 6.45) is 2.16. The van der Waals surface area contributed by atoms with E-state index in [4.69, 9.17) is 12.2 Å². The van der Waals surface area contributed by atoms with Crippen molar-refractivity contribution in [3.63, 3.8) is 0 Å². The van der Waals surface area contributed by atoms with Gasteiger partial charge in [-0.15, -0.1) is 11.3 Å². The molecular formula is C15H16N2O4S4. The Morgan fingerprint density at radius 1 is 1.52 bits per heavy atom. The molecule has 2 unspecified atom stereocenters. The predicted octanol–water partition coefficient (Wildman–Crippen LogP) is 1.64. The SMILES string of the molecule is CC(C(=O)NC1CCS(=O)(=O)C1)N1C(=O)/C(=C/c2cccs2)SC1=S. The quantitative estimate of drug-likeness (QED) is 0.593. The van der Waals surface area contributed by atoms with Crippen LogP contribution < -0.4 is 5.32 Å². The lowest BCUT2D eigenvalue weighted by Gasteiger charge is -2.23. The Kier molecular flexibility index (Phi) is 5.33. The number of thioether (sulfide) groups is 1. The molecule has 6 nitrogen and oxygen atoms in total. The third-order valence-corrected chi connectivity index (χ3v) is 7.90. The van der Waals surface area contributed by atoms with E-state index in [0.717, 1.165) is 4.88 Å². The maximum absolute atomic E-state index is 12.6. The molecule has 1 aromatic rings. The Bertz CT molecular complexity index is 845. The Labute approximate surface area is 159 Å². The number of nitrogens with one attached hydrogen (secondary N) is 1. The Hall–Kier alpha value is -1.23. The smallest absolute Gasteiger partial charge is 0.266 e. The Balaban J connectivity index is 1.69. The van der Waals surface area contributed by atoms with Gasteiger partial charge in [-0.05, 0) is 30.9 Å². The maximum atomic E-state index is 12.6. The summed E-state index contributed by atoms with van der Waals surface area (Å²) in [5.74, 6) is -0.667. The molecule has 0 radical (unpaired) electrons. The van der Waals surface area contributed by atoms with Crippen LogP contribution in [0.5, 0.6) is 0 Å². The van der Waals surface area contributed by atoms with Crippen molar-refractivity contribution in [2.24, 2.45) is 0 Å². The van der Waals surface area contributed by atoms with Crippen LogP contribution in [0.2, 0.25) is 0 Å². The molecule has 3 rings (SSSR count). The summed E-state index contributed by atoms with van der Waals surface area (Å²) in [5.41, 5.74) is 0. The minimum Gasteiger partial charge on any atom is -0.351 e. The second kappa shape index (κ2) is 7.18. The van der Waals surface area contributed by atoms with Gasteiger partial charge >= 0.3 is 0 Å². The molecule has 2 amide bonds. The summed E-state index contributed by atoms with van der Waals surface area (Å²) in [6.45, 7) is 1.59. The van der Waals surface area contributed by atoms with Gasteiger partial charge < -0.3 is 5.32 Å². The van der Waals surface area contributed by atoms with Crippen molar-refractivity contribution >= 4 is 67.4 Å². The molecule has 2 saturated heterocycles. The van der Waals surface area contributed by atoms with Gasteiger partial charge in [0.1, 0.15) is 10.4 Å². The zero-order chi connectivity index (χ0) is 18.2. The summed E-state index contributed by atoms with van der Waals surface area (Å²) >= 11 is 7.94. The van der Waals surface area contributed by atoms with E-state index >= 15 is 0 Å². The van der Waals surface area contributed by atoms with Gasteiger partial charge in [0.05, 0.1) is 16.4 Å². The van der Waals surface area contributed by atoms with Crippen molar-refractivity contribution in [1.82, 2.24) is 10.2 Å². The second-order valence-electron chi connectivity index (χ2n) is 5.85. The van der Waals surface area contributed by atoms with Gasteiger partial charge in [0, 0.05) is 10.9 Å². The normalized spacial score (nSPS) is 25.6. The van der Waals surface area contributed by atoms with Gasteiger partial charge in [-0.3, -0.25) is 14.5 Å². The highest BCUT2D eigenvalue weighted by molar-refractivity contribution is 8.26. The molecule has 0 bridgehead atoms. The van der Waals surface area contributed by atoms with Crippen LogP contribution in [0.25, 0.3) is 6.08 Å². The number of carbonyl (C=O) groups is 2. The van der Waals surface area contributed by atoms with E-state index in [0.29, 0.717) is 15.6 Å². The van der Waals surface area contributed by atoms with Crippen LogP contribution in [0.15, 0.2) is 22.4 Å². The van der Waals surface area contributed by atoms with Crippen LogP contribution >= 0.6 is 35.3 Å². The highest BCUT2D eigenvalue weighted by Crippen LogP contribution is 2.34. The number of hydrogen-bond donors (Lipinski definition) is 1. The molecule has 2 aliphatic rings. The summed E-state index contributed by atoms with van der Waals surface area (Å²) in [6, 6.07) is 2.60. The van der Waals surface area contributed by atoms with Gasteiger partial charge in [0.25, 0.3) is 5.91 Å². The summed E-state index contributed by atoms with van der Waals surface area (Å²) < 4.78 is 23.3. The highest BCUT2D eigenvalue weighted by atomic mass is 32.2. The summed E-state index contributed by atoms with van der Waals surface area (Å²) in [5, 5.41) is 4.63. The Morgan fingerprint density at radius 2 is 2.28 bits per heavy atom. The zero-order valence-electron chi connectivity index (χ0n) is 13.3. The van der Waals surface area contributed by atoms with Crippen molar-refractivity contribution in [2.75, 3.05) is 11.5 Å². The Morgan fingerprint density at radius 3 is 2.88 bits per heavy atom. The third kappa shape index (κ3) is 4.13. The molecule has 134 valence electrons. The topological polar surface area (TPSA) is 83.6 Å². The average Bonchev–Trinajstić information content (AvgIpc) is 3.21. The highest BCUT2D eigenvalue weighted by Gasteiger charge is 2.39. The molecule has 1 aromatic heterocycles. The number of amides is 2. The lowest BCUT2D eigenvalue weighted by molar-refractivity contribution is -0.132. The first kappa shape index (κ1) is 18.6. The fourth-order valence-electron chi connectivity index (χ4n) is 2.66. The van der Waals surface area contributed by atoms with E-state index < -0.39 is 27.8 Å². The van der Waals surface area contributed by atoms with E-state index in [1.807, 2.05) is 17.5 Å². The largest absolute Gasteiger partial charge is 0.351 e. The number of rotatable bonds is 4. The fraction of sp³-hybridized carbons (Fsp3) is 0.400. The van der Waals surface area contributed by atoms with Crippen LogP contribution in [-0.4, -0.2) is 53.0 Å². The van der Waals surface area contributed by atoms with Crippen LogP contribution in [0, 0.1) is 0 Å². The molecule has 0 spiro atoms. The van der Waals surface area contributed by atoms with Crippen molar-refractivity contribution < 1.29 is 18.0 Å². The molecule has 25 heavy (non-hydrogen) atoms. The molecular weight excluding hydrogens is 400 g/mol. The van der Waals surface area contributed by atoms with Crippen LogP contribution in [0.4, 0.5) is 0 Å².